The molecule has 0 fully saturated rings. The molecule has 0 unspecified atom stereocenters. The zero-order valence-electron chi connectivity index (χ0n) is 9.80. The van der Waals surface area contributed by atoms with Gasteiger partial charge in [0.1, 0.15) is 5.15 Å². The minimum Gasteiger partial charge on any atom is -0.345 e. The minimum atomic E-state index is -0.239. The molecule has 0 aliphatic carbocycles. The van der Waals surface area contributed by atoms with Crippen LogP contribution in [0.4, 0.5) is 0 Å². The van der Waals surface area contributed by atoms with Crippen LogP contribution in [0.2, 0.25) is 5.15 Å². The van der Waals surface area contributed by atoms with Gasteiger partial charge >= 0.3 is 0 Å². The van der Waals surface area contributed by atoms with Crippen LogP contribution in [-0.4, -0.2) is 15.9 Å². The summed E-state index contributed by atoms with van der Waals surface area (Å²) in [6.45, 7) is 1.90. The highest BCUT2D eigenvalue weighted by Crippen LogP contribution is 2.15. The fraction of sp³-hybridized carbons (Fsp3) is 0.154. The lowest BCUT2D eigenvalue weighted by Crippen LogP contribution is -2.27. The van der Waals surface area contributed by atoms with Gasteiger partial charge in [0.25, 0.3) is 5.91 Å². The number of hydrogen-bond acceptors (Lipinski definition) is 3. The molecule has 1 atom stereocenters. The van der Waals surface area contributed by atoms with E-state index in [1.165, 1.54) is 0 Å². The Morgan fingerprint density at radius 1 is 1.28 bits per heavy atom. The summed E-state index contributed by atoms with van der Waals surface area (Å²) in [5.74, 6) is -0.239. The Hall–Kier alpha value is -1.94. The third-order valence-electron chi connectivity index (χ3n) is 2.56. The molecule has 4 nitrogen and oxygen atoms in total. The number of carbonyl (C=O) groups is 1. The summed E-state index contributed by atoms with van der Waals surface area (Å²) in [4.78, 5) is 19.8. The molecule has 2 aromatic heterocycles. The fourth-order valence-electron chi connectivity index (χ4n) is 1.57. The number of amides is 1. The van der Waals surface area contributed by atoms with E-state index in [1.807, 2.05) is 19.1 Å². The molecule has 2 rings (SSSR count). The van der Waals surface area contributed by atoms with Crippen molar-refractivity contribution in [2.24, 2.45) is 0 Å². The predicted molar refractivity (Wildman–Crippen MR) is 69.4 cm³/mol. The van der Waals surface area contributed by atoms with Gasteiger partial charge in [0.05, 0.1) is 11.6 Å². The van der Waals surface area contributed by atoms with Crippen LogP contribution >= 0.6 is 11.6 Å². The first-order chi connectivity index (χ1) is 8.68. The Kier molecular flexibility index (Phi) is 3.89. The summed E-state index contributed by atoms with van der Waals surface area (Å²) < 4.78 is 0. The Morgan fingerprint density at radius 2 is 2.00 bits per heavy atom. The van der Waals surface area contributed by atoms with E-state index in [1.54, 1.807) is 30.7 Å². The average molecular weight is 262 g/mol. The molecule has 2 aromatic rings. The van der Waals surface area contributed by atoms with Gasteiger partial charge in [0.15, 0.2) is 0 Å². The Labute approximate surface area is 110 Å². The Morgan fingerprint density at radius 3 is 2.67 bits per heavy atom. The predicted octanol–water partition coefficient (Wildman–Crippen LogP) is 2.62. The quantitative estimate of drug-likeness (QED) is 0.864. The molecule has 0 spiro atoms. The number of halogens is 1. The lowest BCUT2D eigenvalue weighted by molar-refractivity contribution is 0.0939. The number of carbonyl (C=O) groups excluding carboxylic acids is 1. The summed E-state index contributed by atoms with van der Waals surface area (Å²) in [7, 11) is 0. The van der Waals surface area contributed by atoms with E-state index < -0.39 is 0 Å². The van der Waals surface area contributed by atoms with Crippen molar-refractivity contribution in [1.29, 1.82) is 0 Å². The molecule has 5 heteroatoms. The molecule has 0 aliphatic rings. The van der Waals surface area contributed by atoms with Crippen LogP contribution in [-0.2, 0) is 0 Å². The second-order valence-electron chi connectivity index (χ2n) is 3.82. The number of rotatable bonds is 3. The van der Waals surface area contributed by atoms with Crippen LogP contribution in [0.25, 0.3) is 0 Å². The van der Waals surface area contributed by atoms with Gasteiger partial charge in [0, 0.05) is 18.6 Å². The zero-order chi connectivity index (χ0) is 13.0. The van der Waals surface area contributed by atoms with Crippen molar-refractivity contribution < 1.29 is 4.79 Å². The number of nitrogens with one attached hydrogen (secondary N) is 1. The molecule has 1 N–H and O–H groups in total. The largest absolute Gasteiger partial charge is 0.345 e. The maximum Gasteiger partial charge on any atom is 0.254 e. The molecule has 2 heterocycles. The lowest BCUT2D eigenvalue weighted by Gasteiger charge is -2.14. The van der Waals surface area contributed by atoms with Crippen molar-refractivity contribution in [3.8, 4) is 0 Å². The first-order valence-corrected chi connectivity index (χ1v) is 5.87. The molecular weight excluding hydrogens is 250 g/mol. The van der Waals surface area contributed by atoms with E-state index in [0.29, 0.717) is 5.56 Å². The highest BCUT2D eigenvalue weighted by molar-refractivity contribution is 6.32. The molecule has 0 aliphatic heterocycles. The van der Waals surface area contributed by atoms with Gasteiger partial charge in [-0.3, -0.25) is 9.78 Å². The number of aromatic nitrogens is 2. The molecular formula is C13H12ClN3O. The standard InChI is InChI=1S/C13H12ClN3O/c1-9(10-4-7-15-8-5-10)17-13(18)11-3-2-6-16-12(11)14/h2-9H,1H3,(H,17,18)/t9-/m0/s1. The van der Waals surface area contributed by atoms with E-state index in [-0.39, 0.29) is 17.1 Å². The van der Waals surface area contributed by atoms with Crippen molar-refractivity contribution in [3.63, 3.8) is 0 Å². The van der Waals surface area contributed by atoms with Gasteiger partial charge in [-0.15, -0.1) is 0 Å². The second kappa shape index (κ2) is 5.60. The molecule has 18 heavy (non-hydrogen) atoms. The van der Waals surface area contributed by atoms with E-state index in [2.05, 4.69) is 15.3 Å². The summed E-state index contributed by atoms with van der Waals surface area (Å²) in [5.41, 5.74) is 1.36. The topological polar surface area (TPSA) is 54.9 Å². The fourth-order valence-corrected chi connectivity index (χ4v) is 1.77. The van der Waals surface area contributed by atoms with Gasteiger partial charge in [-0.1, -0.05) is 11.6 Å². The SMILES string of the molecule is C[C@H](NC(=O)c1cccnc1Cl)c1ccncc1. The molecule has 0 saturated heterocycles. The first kappa shape index (κ1) is 12.5. The summed E-state index contributed by atoms with van der Waals surface area (Å²) in [5, 5.41) is 3.07. The first-order valence-electron chi connectivity index (χ1n) is 5.50. The molecule has 1 amide bonds. The molecule has 0 bridgehead atoms. The van der Waals surface area contributed by atoms with Crippen LogP contribution in [0.5, 0.6) is 0 Å². The number of nitrogens with zero attached hydrogens (tertiary/aromatic N) is 2. The van der Waals surface area contributed by atoms with E-state index in [4.69, 9.17) is 11.6 Å². The number of pyridine rings is 2. The monoisotopic (exact) mass is 261 g/mol. The highest BCUT2D eigenvalue weighted by Gasteiger charge is 2.14. The van der Waals surface area contributed by atoms with Crippen molar-refractivity contribution in [1.82, 2.24) is 15.3 Å². The van der Waals surface area contributed by atoms with Crippen molar-refractivity contribution in [2.75, 3.05) is 0 Å². The Bertz CT molecular complexity index is 545. The normalized spacial score (nSPS) is 11.9. The lowest BCUT2D eigenvalue weighted by atomic mass is 10.1. The third-order valence-corrected chi connectivity index (χ3v) is 2.86. The highest BCUT2D eigenvalue weighted by atomic mass is 35.5. The van der Waals surface area contributed by atoms with Crippen molar-refractivity contribution in [2.45, 2.75) is 13.0 Å². The summed E-state index contributed by atoms with van der Waals surface area (Å²) >= 11 is 5.87. The van der Waals surface area contributed by atoms with Crippen LogP contribution in [0.3, 0.4) is 0 Å². The second-order valence-corrected chi connectivity index (χ2v) is 4.18. The smallest absolute Gasteiger partial charge is 0.254 e. The molecule has 0 radical (unpaired) electrons. The minimum absolute atomic E-state index is 0.114. The van der Waals surface area contributed by atoms with Gasteiger partial charge in [-0.2, -0.15) is 0 Å². The van der Waals surface area contributed by atoms with Gasteiger partial charge in [-0.05, 0) is 36.8 Å². The van der Waals surface area contributed by atoms with Crippen molar-refractivity contribution >= 4 is 17.5 Å². The van der Waals surface area contributed by atoms with Gasteiger partial charge < -0.3 is 5.32 Å². The van der Waals surface area contributed by atoms with Crippen LogP contribution in [0, 0.1) is 0 Å². The third kappa shape index (κ3) is 2.84. The number of hydrogen-bond donors (Lipinski definition) is 1. The van der Waals surface area contributed by atoms with Crippen molar-refractivity contribution in [3.05, 3.63) is 59.1 Å². The average Bonchev–Trinajstić information content (AvgIpc) is 2.40. The van der Waals surface area contributed by atoms with Crippen LogP contribution in [0.1, 0.15) is 28.9 Å². The zero-order valence-corrected chi connectivity index (χ0v) is 10.6. The molecule has 0 aromatic carbocycles. The summed E-state index contributed by atoms with van der Waals surface area (Å²) in [6.07, 6.45) is 4.93. The molecule has 92 valence electrons. The van der Waals surface area contributed by atoms with E-state index in [9.17, 15) is 4.79 Å². The van der Waals surface area contributed by atoms with E-state index >= 15 is 0 Å². The van der Waals surface area contributed by atoms with Crippen LogP contribution in [0.15, 0.2) is 42.9 Å². The van der Waals surface area contributed by atoms with E-state index in [0.717, 1.165) is 5.56 Å². The maximum atomic E-state index is 12.0. The molecule has 0 saturated carbocycles. The maximum absolute atomic E-state index is 12.0. The van der Waals surface area contributed by atoms with Crippen LogP contribution < -0.4 is 5.32 Å². The summed E-state index contributed by atoms with van der Waals surface area (Å²) in [6, 6.07) is 6.92. The Balaban J connectivity index is 2.11. The van der Waals surface area contributed by atoms with Gasteiger partial charge in [-0.25, -0.2) is 4.98 Å². The van der Waals surface area contributed by atoms with Gasteiger partial charge in [0.2, 0.25) is 0 Å².